The highest BCUT2D eigenvalue weighted by molar-refractivity contribution is 6.21. The quantitative estimate of drug-likeness (QED) is 0.789. The summed E-state index contributed by atoms with van der Waals surface area (Å²) in [7, 11) is 0. The number of allylic oxidation sites excluding steroid dienone is 1. The smallest absolute Gasteiger partial charge is 0.323 e. The van der Waals surface area contributed by atoms with E-state index < -0.39 is 5.97 Å². The van der Waals surface area contributed by atoms with Gasteiger partial charge in [-0.2, -0.15) is 0 Å². The zero-order valence-corrected chi connectivity index (χ0v) is 11.6. The predicted molar refractivity (Wildman–Crippen MR) is 81.9 cm³/mol. The fraction of sp³-hybridized carbons (Fsp3) is 0.133. The molecule has 2 aromatic rings. The number of hydrogen-bond donors (Lipinski definition) is 3. The third-order valence-corrected chi connectivity index (χ3v) is 3.37. The molecular formula is C15H14N4O3. The van der Waals surface area contributed by atoms with Gasteiger partial charge in [-0.25, -0.2) is 4.98 Å². The summed E-state index contributed by atoms with van der Waals surface area (Å²) in [5.41, 5.74) is 8.42. The van der Waals surface area contributed by atoms with Crippen LogP contribution in [0.2, 0.25) is 0 Å². The zero-order chi connectivity index (χ0) is 15.7. The van der Waals surface area contributed by atoms with Crippen LogP contribution < -0.4 is 5.73 Å². The summed E-state index contributed by atoms with van der Waals surface area (Å²) in [5.74, 6) is -0.975. The molecule has 0 fully saturated rings. The van der Waals surface area contributed by atoms with Crippen molar-refractivity contribution in [3.63, 3.8) is 0 Å². The maximum absolute atomic E-state index is 10.9. The van der Waals surface area contributed by atoms with Gasteiger partial charge in [0.1, 0.15) is 18.1 Å². The summed E-state index contributed by atoms with van der Waals surface area (Å²) in [4.78, 5) is 19.3. The van der Waals surface area contributed by atoms with Crippen LogP contribution in [-0.2, 0) is 17.9 Å². The number of hydrogen-bond acceptors (Lipinski definition) is 5. The number of imidazole rings is 1. The summed E-state index contributed by atoms with van der Waals surface area (Å²) in [6.07, 6.45) is 3.35. The van der Waals surface area contributed by atoms with E-state index in [1.807, 2.05) is 24.3 Å². The van der Waals surface area contributed by atoms with Crippen LogP contribution in [0.3, 0.4) is 0 Å². The van der Waals surface area contributed by atoms with Crippen LogP contribution in [0.15, 0.2) is 29.3 Å². The van der Waals surface area contributed by atoms with Crippen LogP contribution in [0, 0.1) is 0 Å². The molecule has 7 heteroatoms. The van der Waals surface area contributed by atoms with Crippen LogP contribution >= 0.6 is 0 Å². The molecule has 0 aliphatic carbocycles. The molecule has 0 radical (unpaired) electrons. The van der Waals surface area contributed by atoms with Crippen LogP contribution in [0.4, 0.5) is 5.69 Å². The monoisotopic (exact) mass is 298 g/mol. The van der Waals surface area contributed by atoms with Gasteiger partial charge in [0, 0.05) is 17.4 Å². The molecule has 0 amide bonds. The molecule has 4 N–H and O–H groups in total. The van der Waals surface area contributed by atoms with Crippen molar-refractivity contribution in [3.05, 3.63) is 41.3 Å². The number of carboxylic acids is 1. The van der Waals surface area contributed by atoms with Crippen molar-refractivity contribution in [3.8, 4) is 5.88 Å². The van der Waals surface area contributed by atoms with Gasteiger partial charge in [-0.15, -0.1) is 0 Å². The first-order valence-electron chi connectivity index (χ1n) is 6.65. The van der Waals surface area contributed by atoms with Crippen molar-refractivity contribution >= 4 is 29.5 Å². The lowest BCUT2D eigenvalue weighted by Crippen LogP contribution is -2.14. The van der Waals surface area contributed by atoms with Crippen molar-refractivity contribution in [1.29, 1.82) is 0 Å². The van der Waals surface area contributed by atoms with Crippen LogP contribution in [-0.4, -0.2) is 31.9 Å². The summed E-state index contributed by atoms with van der Waals surface area (Å²) in [6, 6.07) is 7.60. The Morgan fingerprint density at radius 2 is 2.14 bits per heavy atom. The number of carbonyl (C=O) groups is 1. The Bertz CT molecular complexity index is 805. The molecule has 0 unspecified atom stereocenters. The van der Waals surface area contributed by atoms with E-state index in [4.69, 9.17) is 10.8 Å². The second-order valence-corrected chi connectivity index (χ2v) is 4.80. The second-order valence-electron chi connectivity index (χ2n) is 4.80. The molecule has 1 aliphatic rings. The molecule has 0 bridgehead atoms. The first-order valence-corrected chi connectivity index (χ1v) is 6.65. The Hall–Kier alpha value is -2.93. The molecule has 1 aromatic carbocycles. The van der Waals surface area contributed by atoms with E-state index >= 15 is 0 Å². The highest BCUT2D eigenvalue weighted by atomic mass is 16.4. The van der Waals surface area contributed by atoms with E-state index in [0.29, 0.717) is 5.82 Å². The summed E-state index contributed by atoms with van der Waals surface area (Å²) >= 11 is 0. The van der Waals surface area contributed by atoms with Crippen molar-refractivity contribution in [2.24, 2.45) is 10.7 Å². The largest absolute Gasteiger partial charge is 0.493 e. The van der Waals surface area contributed by atoms with Gasteiger partial charge < -0.3 is 15.9 Å². The number of nitrogens with two attached hydrogens (primary N) is 1. The normalized spacial score (nSPS) is 14.5. The molecule has 1 aliphatic heterocycles. The van der Waals surface area contributed by atoms with Gasteiger partial charge in [0.15, 0.2) is 0 Å². The molecule has 112 valence electrons. The van der Waals surface area contributed by atoms with Gasteiger partial charge in [-0.3, -0.25) is 14.4 Å². The van der Waals surface area contributed by atoms with E-state index in [9.17, 15) is 9.90 Å². The molecule has 2 heterocycles. The molecule has 3 rings (SSSR count). The van der Waals surface area contributed by atoms with Gasteiger partial charge in [0.05, 0.1) is 12.2 Å². The van der Waals surface area contributed by atoms with Gasteiger partial charge in [-0.05, 0) is 12.1 Å². The number of benzene rings is 1. The maximum atomic E-state index is 10.9. The standard InChI is InChI=1S/C15H14N4O3/c16-6-13-18-12(15(22)19(13)8-14(20)21)5-9-7-17-11-4-2-1-3-10(9)11/h1-5,7,22H,6,8,16H2,(H,20,21)/b9-5-. The Kier molecular flexibility index (Phi) is 3.48. The second kappa shape index (κ2) is 5.45. The maximum Gasteiger partial charge on any atom is 0.323 e. The fourth-order valence-corrected chi connectivity index (χ4v) is 2.37. The van der Waals surface area contributed by atoms with Gasteiger partial charge in [0.2, 0.25) is 5.88 Å². The minimum atomic E-state index is -1.07. The molecule has 0 saturated carbocycles. The SMILES string of the molecule is NCc1nc(/C=C2/C=Nc3ccccc32)c(O)n1CC(=O)O. The van der Waals surface area contributed by atoms with Gasteiger partial charge >= 0.3 is 5.97 Å². The predicted octanol–water partition coefficient (Wildman–Crippen LogP) is 1.39. The topological polar surface area (TPSA) is 114 Å². The van der Waals surface area contributed by atoms with E-state index in [1.54, 1.807) is 12.3 Å². The van der Waals surface area contributed by atoms with E-state index in [1.165, 1.54) is 4.57 Å². The Morgan fingerprint density at radius 3 is 2.86 bits per heavy atom. The molecule has 7 nitrogen and oxygen atoms in total. The number of carboxylic acid groups (broad SMARTS) is 1. The molecule has 22 heavy (non-hydrogen) atoms. The van der Waals surface area contributed by atoms with E-state index in [0.717, 1.165) is 16.8 Å². The third kappa shape index (κ3) is 2.38. The lowest BCUT2D eigenvalue weighted by molar-refractivity contribution is -0.137. The summed E-state index contributed by atoms with van der Waals surface area (Å²) < 4.78 is 1.19. The molecule has 0 spiro atoms. The first kappa shape index (κ1) is 14.0. The molecule has 0 saturated heterocycles. The highest BCUT2D eigenvalue weighted by Gasteiger charge is 2.18. The van der Waals surface area contributed by atoms with Gasteiger partial charge in [-0.1, -0.05) is 18.2 Å². The first-order chi connectivity index (χ1) is 10.6. The lowest BCUT2D eigenvalue weighted by Gasteiger charge is -2.03. The van der Waals surface area contributed by atoms with E-state index in [-0.39, 0.29) is 24.7 Å². The van der Waals surface area contributed by atoms with Crippen LogP contribution in [0.25, 0.3) is 11.6 Å². The fourth-order valence-electron chi connectivity index (χ4n) is 2.37. The number of para-hydroxylation sites is 1. The highest BCUT2D eigenvalue weighted by Crippen LogP contribution is 2.33. The number of aromatic hydroxyl groups is 1. The number of nitrogens with zero attached hydrogens (tertiary/aromatic N) is 3. The summed E-state index contributed by atoms with van der Waals surface area (Å²) in [6.45, 7) is -0.353. The lowest BCUT2D eigenvalue weighted by atomic mass is 10.1. The van der Waals surface area contributed by atoms with Crippen molar-refractivity contribution in [2.45, 2.75) is 13.1 Å². The molecule has 0 atom stereocenters. The molecule has 1 aromatic heterocycles. The average molecular weight is 298 g/mol. The Morgan fingerprint density at radius 1 is 1.36 bits per heavy atom. The van der Waals surface area contributed by atoms with Crippen molar-refractivity contribution < 1.29 is 15.0 Å². The molecular weight excluding hydrogens is 284 g/mol. The Balaban J connectivity index is 2.04. The minimum Gasteiger partial charge on any atom is -0.493 e. The van der Waals surface area contributed by atoms with Gasteiger partial charge in [0.25, 0.3) is 0 Å². The summed E-state index contributed by atoms with van der Waals surface area (Å²) in [5, 5.41) is 19.1. The number of rotatable bonds is 4. The van der Waals surface area contributed by atoms with Crippen molar-refractivity contribution in [1.82, 2.24) is 9.55 Å². The average Bonchev–Trinajstić information content (AvgIpc) is 3.03. The number of aliphatic imine (C=N–C) groups is 1. The third-order valence-electron chi connectivity index (χ3n) is 3.37. The van der Waals surface area contributed by atoms with E-state index in [2.05, 4.69) is 9.98 Å². The number of aromatic nitrogens is 2. The number of fused-ring (bicyclic) bond motifs is 1. The zero-order valence-electron chi connectivity index (χ0n) is 11.6. The Labute approximate surface area is 126 Å². The number of aliphatic carboxylic acids is 1. The minimum absolute atomic E-state index is 0.0364. The van der Waals surface area contributed by atoms with Crippen molar-refractivity contribution in [2.75, 3.05) is 0 Å². The van der Waals surface area contributed by atoms with Crippen LogP contribution in [0.1, 0.15) is 17.1 Å². The van der Waals surface area contributed by atoms with Crippen LogP contribution in [0.5, 0.6) is 5.88 Å².